The molecule has 0 amide bonds. The predicted octanol–water partition coefficient (Wildman–Crippen LogP) is 4.40. The first kappa shape index (κ1) is 19.9. The molecule has 0 fully saturated rings. The summed E-state index contributed by atoms with van der Waals surface area (Å²) in [4.78, 5) is 9.95. The Morgan fingerprint density at radius 2 is 2.04 bits per heavy atom. The highest BCUT2D eigenvalue weighted by Gasteiger charge is 2.15. The number of hydrogen-bond acceptors (Lipinski definition) is 5. The Morgan fingerprint density at radius 3 is 2.68 bits per heavy atom. The van der Waals surface area contributed by atoms with Gasteiger partial charge in [-0.15, -0.1) is 11.3 Å². The fraction of sp³-hybridized carbons (Fsp3) is 0.474. The van der Waals surface area contributed by atoms with Crippen LogP contribution in [0, 0.1) is 11.3 Å². The molecule has 134 valence electrons. The maximum Gasteiger partial charge on any atom is 0.183 e. The first-order valence-electron chi connectivity index (χ1n) is 8.50. The first-order valence-corrected chi connectivity index (χ1v) is 9.70. The van der Waals surface area contributed by atoms with Crippen LogP contribution in [-0.2, 0) is 13.1 Å². The van der Waals surface area contributed by atoms with E-state index in [0.717, 1.165) is 43.6 Å². The first-order chi connectivity index (χ1) is 12.0. The van der Waals surface area contributed by atoms with Crippen LogP contribution in [0.3, 0.4) is 0 Å². The maximum atomic E-state index is 9.26. The maximum absolute atomic E-state index is 9.26. The molecule has 1 unspecified atom stereocenters. The van der Waals surface area contributed by atoms with Crippen LogP contribution in [0.1, 0.15) is 35.8 Å². The van der Waals surface area contributed by atoms with Gasteiger partial charge in [-0.3, -0.25) is 4.90 Å². The minimum atomic E-state index is 0.485. The summed E-state index contributed by atoms with van der Waals surface area (Å²) in [5, 5.41) is 9.26. The van der Waals surface area contributed by atoms with Gasteiger partial charge in [-0.2, -0.15) is 5.26 Å². The lowest BCUT2D eigenvalue weighted by Gasteiger charge is -2.29. The van der Waals surface area contributed by atoms with E-state index >= 15 is 0 Å². The van der Waals surface area contributed by atoms with Gasteiger partial charge in [0.25, 0.3) is 0 Å². The molecule has 0 N–H and O–H groups in total. The van der Waals surface area contributed by atoms with Gasteiger partial charge in [-0.1, -0.05) is 36.7 Å². The van der Waals surface area contributed by atoms with Gasteiger partial charge in [-0.05, 0) is 45.1 Å². The van der Waals surface area contributed by atoms with E-state index < -0.39 is 0 Å². The van der Waals surface area contributed by atoms with Gasteiger partial charge in [0.2, 0.25) is 0 Å². The Hall–Kier alpha value is -1.45. The van der Waals surface area contributed by atoms with Crippen molar-refractivity contribution in [1.82, 2.24) is 14.8 Å². The molecule has 0 saturated carbocycles. The van der Waals surface area contributed by atoms with E-state index in [4.69, 9.17) is 11.6 Å². The Labute approximate surface area is 159 Å². The fourth-order valence-corrected chi connectivity index (χ4v) is 4.03. The predicted molar refractivity (Wildman–Crippen MR) is 105 cm³/mol. The van der Waals surface area contributed by atoms with Crippen molar-refractivity contribution in [2.45, 2.75) is 38.9 Å². The minimum Gasteiger partial charge on any atom is -0.301 e. The van der Waals surface area contributed by atoms with Crippen molar-refractivity contribution in [2.24, 2.45) is 0 Å². The summed E-state index contributed by atoms with van der Waals surface area (Å²) < 4.78 is 0.603. The Bertz CT molecular complexity index is 709. The number of rotatable bonds is 9. The highest BCUT2D eigenvalue weighted by molar-refractivity contribution is 7.15. The molecule has 6 heteroatoms. The Morgan fingerprint density at radius 1 is 1.28 bits per heavy atom. The lowest BCUT2D eigenvalue weighted by molar-refractivity contribution is 0.191. The molecule has 0 aliphatic heterocycles. The van der Waals surface area contributed by atoms with E-state index in [2.05, 4.69) is 41.9 Å². The van der Waals surface area contributed by atoms with Gasteiger partial charge in [0.05, 0.1) is 11.6 Å². The van der Waals surface area contributed by atoms with Crippen molar-refractivity contribution in [2.75, 3.05) is 20.6 Å². The number of benzene rings is 1. The van der Waals surface area contributed by atoms with Gasteiger partial charge in [0.1, 0.15) is 0 Å². The number of aromatic nitrogens is 1. The fourth-order valence-electron chi connectivity index (χ4n) is 2.97. The van der Waals surface area contributed by atoms with E-state index in [1.807, 2.05) is 30.5 Å². The lowest BCUT2D eigenvalue weighted by atomic mass is 10.1. The van der Waals surface area contributed by atoms with Crippen LogP contribution in [0.25, 0.3) is 0 Å². The summed E-state index contributed by atoms with van der Waals surface area (Å²) in [7, 11) is 4.27. The van der Waals surface area contributed by atoms with E-state index in [1.165, 1.54) is 16.2 Å². The zero-order valence-electron chi connectivity index (χ0n) is 15.1. The molecule has 1 aromatic carbocycles. The summed E-state index contributed by atoms with van der Waals surface area (Å²) in [5.41, 5.74) is 1.86. The highest BCUT2D eigenvalue weighted by atomic mass is 35.5. The lowest BCUT2D eigenvalue weighted by Crippen LogP contribution is -2.34. The molecular weight excluding hydrogens is 352 g/mol. The molecule has 1 atom stereocenters. The molecule has 0 radical (unpaired) electrons. The van der Waals surface area contributed by atoms with E-state index in [1.54, 1.807) is 0 Å². The van der Waals surface area contributed by atoms with Gasteiger partial charge in [0, 0.05) is 30.2 Å². The number of hydrogen-bond donors (Lipinski definition) is 0. The Kier molecular flexibility index (Phi) is 7.86. The van der Waals surface area contributed by atoms with Crippen LogP contribution in [0.2, 0.25) is 4.47 Å². The molecule has 0 aliphatic rings. The smallest absolute Gasteiger partial charge is 0.183 e. The second-order valence-corrected chi connectivity index (χ2v) is 8.05. The van der Waals surface area contributed by atoms with Gasteiger partial charge in [0.15, 0.2) is 4.47 Å². The zero-order valence-corrected chi connectivity index (χ0v) is 16.6. The van der Waals surface area contributed by atoms with Crippen molar-refractivity contribution in [1.29, 1.82) is 5.26 Å². The summed E-state index contributed by atoms with van der Waals surface area (Å²) in [6.07, 6.45) is 4.03. The summed E-state index contributed by atoms with van der Waals surface area (Å²) in [6.45, 7) is 4.91. The van der Waals surface area contributed by atoms with Crippen LogP contribution < -0.4 is 0 Å². The van der Waals surface area contributed by atoms with Crippen molar-refractivity contribution in [3.05, 3.63) is 50.9 Å². The largest absolute Gasteiger partial charge is 0.301 e. The highest BCUT2D eigenvalue weighted by Crippen LogP contribution is 2.20. The normalized spacial score (nSPS) is 12.5. The van der Waals surface area contributed by atoms with Crippen LogP contribution in [0.4, 0.5) is 0 Å². The van der Waals surface area contributed by atoms with Gasteiger partial charge in [-0.25, -0.2) is 4.98 Å². The number of halogens is 1. The number of nitrogens with zero attached hydrogens (tertiary/aromatic N) is 4. The monoisotopic (exact) mass is 376 g/mol. The van der Waals surface area contributed by atoms with Crippen LogP contribution in [0.15, 0.2) is 30.5 Å². The zero-order chi connectivity index (χ0) is 18.2. The van der Waals surface area contributed by atoms with Crippen LogP contribution in [-0.4, -0.2) is 41.5 Å². The molecule has 0 saturated heterocycles. The number of thiazole rings is 1. The van der Waals surface area contributed by atoms with Crippen molar-refractivity contribution < 1.29 is 0 Å². The second-order valence-electron chi connectivity index (χ2n) is 6.35. The second kappa shape index (κ2) is 9.88. The molecule has 0 aliphatic carbocycles. The standard InChI is InChI=1S/C19H25ClN4S/c1-4-17(9-10-23(2)14-18-12-22-19(20)25-18)24(3)13-16-8-6-5-7-15(16)11-21/h5-8,12,17H,4,9-10,13-14H2,1-3H3. The minimum absolute atomic E-state index is 0.485. The third-order valence-corrected chi connectivity index (χ3v) is 5.55. The van der Waals surface area contributed by atoms with Crippen LogP contribution in [0.5, 0.6) is 0 Å². The topological polar surface area (TPSA) is 43.2 Å². The molecule has 2 aromatic rings. The Balaban J connectivity index is 1.87. The van der Waals surface area contributed by atoms with Crippen LogP contribution >= 0.6 is 22.9 Å². The van der Waals surface area contributed by atoms with Gasteiger partial charge < -0.3 is 4.90 Å². The SMILES string of the molecule is CCC(CCN(C)Cc1cnc(Cl)s1)N(C)Cc1ccccc1C#N. The average Bonchev–Trinajstić information content (AvgIpc) is 3.00. The third-order valence-electron chi connectivity index (χ3n) is 4.45. The molecule has 1 heterocycles. The van der Waals surface area contributed by atoms with E-state index in [-0.39, 0.29) is 0 Å². The number of nitriles is 1. The summed E-state index contributed by atoms with van der Waals surface area (Å²) in [6, 6.07) is 10.6. The average molecular weight is 377 g/mol. The molecule has 25 heavy (non-hydrogen) atoms. The molecule has 2 rings (SSSR count). The molecular formula is C19H25ClN4S. The molecule has 0 spiro atoms. The third kappa shape index (κ3) is 6.09. The van der Waals surface area contributed by atoms with Crippen molar-refractivity contribution >= 4 is 22.9 Å². The van der Waals surface area contributed by atoms with E-state index in [0.29, 0.717) is 10.5 Å². The van der Waals surface area contributed by atoms with Crippen molar-refractivity contribution in [3.63, 3.8) is 0 Å². The molecule has 0 bridgehead atoms. The molecule has 4 nitrogen and oxygen atoms in total. The van der Waals surface area contributed by atoms with E-state index in [9.17, 15) is 5.26 Å². The summed E-state index contributed by atoms with van der Waals surface area (Å²) in [5.74, 6) is 0. The van der Waals surface area contributed by atoms with Crippen molar-refractivity contribution in [3.8, 4) is 6.07 Å². The summed E-state index contributed by atoms with van der Waals surface area (Å²) >= 11 is 7.44. The quantitative estimate of drug-likeness (QED) is 0.650. The molecule has 1 aromatic heterocycles. The van der Waals surface area contributed by atoms with Gasteiger partial charge >= 0.3 is 0 Å².